The number of rotatable bonds is 2. The van der Waals surface area contributed by atoms with Crippen molar-refractivity contribution in [1.29, 1.82) is 0 Å². The van der Waals surface area contributed by atoms with E-state index < -0.39 is 40.5 Å². The molecule has 0 saturated carbocycles. The first-order chi connectivity index (χ1) is 9.71. The summed E-state index contributed by atoms with van der Waals surface area (Å²) in [6, 6.07) is 3.77. The molecule has 1 heterocycles. The first-order valence-electron chi connectivity index (χ1n) is 5.50. The molecular weight excluding hydrogens is 294 g/mol. The number of pyridine rings is 1. The minimum absolute atomic E-state index is 0.197. The highest BCUT2D eigenvalue weighted by Gasteiger charge is 2.38. The normalized spacial score (nSPS) is 11.4. The Labute approximate surface area is 115 Å². The number of carboxylic acid groups (broad SMARTS) is 1. The number of nitrogens with zero attached hydrogens (tertiary/aromatic N) is 1. The maximum absolute atomic E-state index is 12.9. The van der Waals surface area contributed by atoms with Crippen molar-refractivity contribution in [2.45, 2.75) is 6.18 Å². The number of benzene rings is 1. The summed E-state index contributed by atoms with van der Waals surface area (Å²) >= 11 is 0. The van der Waals surface area contributed by atoms with Gasteiger partial charge in [-0.05, 0) is 17.7 Å². The van der Waals surface area contributed by atoms with Crippen LogP contribution in [0.2, 0.25) is 0 Å². The van der Waals surface area contributed by atoms with Gasteiger partial charge in [-0.1, -0.05) is 12.1 Å². The highest BCUT2D eigenvalue weighted by Crippen LogP contribution is 2.41. The minimum atomic E-state index is -4.90. The maximum Gasteiger partial charge on any atom is 0.434 e. The minimum Gasteiger partial charge on any atom is -0.506 e. The van der Waals surface area contributed by atoms with Gasteiger partial charge in [-0.15, -0.1) is 0 Å². The van der Waals surface area contributed by atoms with E-state index in [1.807, 2.05) is 0 Å². The van der Waals surface area contributed by atoms with E-state index in [4.69, 9.17) is 5.11 Å². The summed E-state index contributed by atoms with van der Waals surface area (Å²) in [7, 11) is 0. The number of aromatic carboxylic acids is 1. The molecule has 0 aliphatic carbocycles. The van der Waals surface area contributed by atoms with E-state index in [0.29, 0.717) is 6.20 Å². The van der Waals surface area contributed by atoms with Crippen molar-refractivity contribution >= 4 is 5.97 Å². The third kappa shape index (κ3) is 2.78. The van der Waals surface area contributed by atoms with Crippen molar-refractivity contribution in [3.05, 3.63) is 47.5 Å². The maximum atomic E-state index is 12.9. The van der Waals surface area contributed by atoms with Gasteiger partial charge >= 0.3 is 12.1 Å². The average molecular weight is 301 g/mol. The van der Waals surface area contributed by atoms with Gasteiger partial charge in [0, 0.05) is 6.20 Å². The van der Waals surface area contributed by atoms with Crippen LogP contribution in [-0.4, -0.2) is 21.2 Å². The molecule has 8 heteroatoms. The molecule has 0 saturated heterocycles. The molecule has 0 bridgehead atoms. The van der Waals surface area contributed by atoms with Gasteiger partial charge in [0.1, 0.15) is 17.1 Å². The molecule has 0 amide bonds. The Kier molecular flexibility index (Phi) is 3.54. The second-order valence-electron chi connectivity index (χ2n) is 4.05. The van der Waals surface area contributed by atoms with Crippen LogP contribution in [0, 0.1) is 5.82 Å². The zero-order valence-corrected chi connectivity index (χ0v) is 10.1. The SMILES string of the molecule is O=C(O)c1cnc(C(F)(F)F)c(-c2ccc(F)cc2)c1O. The van der Waals surface area contributed by atoms with Crippen LogP contribution in [0.1, 0.15) is 16.1 Å². The fraction of sp³-hybridized carbons (Fsp3) is 0.0769. The lowest BCUT2D eigenvalue weighted by Gasteiger charge is -2.14. The zero-order chi connectivity index (χ0) is 15.8. The van der Waals surface area contributed by atoms with E-state index in [0.717, 1.165) is 24.3 Å². The van der Waals surface area contributed by atoms with Crippen molar-refractivity contribution in [1.82, 2.24) is 4.98 Å². The quantitative estimate of drug-likeness (QED) is 0.835. The van der Waals surface area contributed by atoms with Crippen LogP contribution in [0.3, 0.4) is 0 Å². The highest BCUT2D eigenvalue weighted by atomic mass is 19.4. The van der Waals surface area contributed by atoms with Crippen molar-refractivity contribution in [3.63, 3.8) is 0 Å². The van der Waals surface area contributed by atoms with Crippen LogP contribution in [0.15, 0.2) is 30.5 Å². The lowest BCUT2D eigenvalue weighted by atomic mass is 10.00. The van der Waals surface area contributed by atoms with E-state index in [1.54, 1.807) is 0 Å². The number of carboxylic acids is 1. The number of hydrogen-bond acceptors (Lipinski definition) is 3. The highest BCUT2D eigenvalue weighted by molar-refractivity contribution is 5.94. The Balaban J connectivity index is 2.78. The van der Waals surface area contributed by atoms with Gasteiger partial charge in [0.05, 0.1) is 5.56 Å². The van der Waals surface area contributed by atoms with Crippen LogP contribution >= 0.6 is 0 Å². The summed E-state index contributed by atoms with van der Waals surface area (Å²) in [5.41, 5.74) is -3.22. The summed E-state index contributed by atoms with van der Waals surface area (Å²) < 4.78 is 51.6. The Morgan fingerprint density at radius 1 is 1.14 bits per heavy atom. The Bertz CT molecular complexity index is 696. The van der Waals surface area contributed by atoms with E-state index >= 15 is 0 Å². The molecule has 0 aliphatic heterocycles. The van der Waals surface area contributed by atoms with Crippen molar-refractivity contribution in [3.8, 4) is 16.9 Å². The molecule has 2 aromatic rings. The van der Waals surface area contributed by atoms with Gasteiger partial charge in [-0.3, -0.25) is 0 Å². The Morgan fingerprint density at radius 2 is 1.71 bits per heavy atom. The van der Waals surface area contributed by atoms with Gasteiger partial charge in [-0.2, -0.15) is 13.2 Å². The number of aromatic nitrogens is 1. The fourth-order valence-electron chi connectivity index (χ4n) is 1.76. The van der Waals surface area contributed by atoms with Gasteiger partial charge < -0.3 is 10.2 Å². The summed E-state index contributed by atoms with van der Waals surface area (Å²) in [5.74, 6) is -3.39. The van der Waals surface area contributed by atoms with Gasteiger partial charge in [0.2, 0.25) is 0 Å². The summed E-state index contributed by atoms with van der Waals surface area (Å²) in [6.45, 7) is 0. The lowest BCUT2D eigenvalue weighted by Crippen LogP contribution is -2.12. The van der Waals surface area contributed by atoms with Crippen LogP contribution in [-0.2, 0) is 6.18 Å². The van der Waals surface area contributed by atoms with E-state index in [1.165, 1.54) is 0 Å². The summed E-state index contributed by atoms with van der Waals surface area (Å²) in [4.78, 5) is 14.0. The fourth-order valence-corrected chi connectivity index (χ4v) is 1.76. The summed E-state index contributed by atoms with van der Waals surface area (Å²) in [5, 5.41) is 18.6. The molecule has 1 aromatic carbocycles. The molecule has 2 rings (SSSR count). The number of alkyl halides is 3. The molecule has 110 valence electrons. The first-order valence-corrected chi connectivity index (χ1v) is 5.50. The van der Waals surface area contributed by atoms with Crippen molar-refractivity contribution < 1.29 is 32.6 Å². The molecule has 0 aliphatic rings. The van der Waals surface area contributed by atoms with Crippen LogP contribution in [0.25, 0.3) is 11.1 Å². The topological polar surface area (TPSA) is 70.4 Å². The Morgan fingerprint density at radius 3 is 2.19 bits per heavy atom. The van der Waals surface area contributed by atoms with Crippen molar-refractivity contribution in [2.75, 3.05) is 0 Å². The van der Waals surface area contributed by atoms with Gasteiger partial charge in [-0.25, -0.2) is 14.2 Å². The molecule has 2 N–H and O–H groups in total. The molecule has 0 atom stereocenters. The molecule has 4 nitrogen and oxygen atoms in total. The Hall–Kier alpha value is -2.64. The lowest BCUT2D eigenvalue weighted by molar-refractivity contribution is -0.140. The van der Waals surface area contributed by atoms with E-state index in [9.17, 15) is 27.5 Å². The largest absolute Gasteiger partial charge is 0.506 e. The average Bonchev–Trinajstić information content (AvgIpc) is 2.38. The van der Waals surface area contributed by atoms with Crippen LogP contribution < -0.4 is 0 Å². The second kappa shape index (κ2) is 5.04. The van der Waals surface area contributed by atoms with Crippen LogP contribution in [0.4, 0.5) is 17.6 Å². The predicted molar refractivity (Wildman–Crippen MR) is 63.3 cm³/mol. The van der Waals surface area contributed by atoms with Crippen molar-refractivity contribution in [2.24, 2.45) is 0 Å². The zero-order valence-electron chi connectivity index (χ0n) is 10.1. The monoisotopic (exact) mass is 301 g/mol. The smallest absolute Gasteiger partial charge is 0.434 e. The number of carbonyl (C=O) groups is 1. The molecular formula is C13H7F4NO3. The number of hydrogen-bond donors (Lipinski definition) is 2. The predicted octanol–water partition coefficient (Wildman–Crippen LogP) is 3.31. The molecule has 1 aromatic heterocycles. The first kappa shape index (κ1) is 14.8. The standard InChI is InChI=1S/C13H7F4NO3/c14-7-3-1-6(2-4-7)9-10(19)8(12(20)21)5-18-11(9)13(15,16)17/h1-5H,(H,18,19)(H,20,21). The third-order valence-electron chi connectivity index (χ3n) is 2.68. The molecule has 0 radical (unpaired) electrons. The molecule has 0 fully saturated rings. The number of aromatic hydroxyl groups is 1. The molecule has 0 spiro atoms. The number of halogens is 4. The van der Waals surface area contributed by atoms with E-state index in [-0.39, 0.29) is 5.56 Å². The van der Waals surface area contributed by atoms with Crippen LogP contribution in [0.5, 0.6) is 5.75 Å². The summed E-state index contributed by atoms with van der Waals surface area (Å²) in [6.07, 6.45) is -4.48. The molecule has 0 unspecified atom stereocenters. The second-order valence-corrected chi connectivity index (χ2v) is 4.05. The van der Waals surface area contributed by atoms with Gasteiger partial charge in [0.25, 0.3) is 0 Å². The molecule has 21 heavy (non-hydrogen) atoms. The van der Waals surface area contributed by atoms with E-state index in [2.05, 4.69) is 4.98 Å². The third-order valence-corrected chi connectivity index (χ3v) is 2.68. The van der Waals surface area contributed by atoms with Gasteiger partial charge in [0.15, 0.2) is 5.69 Å².